The van der Waals surface area contributed by atoms with Gasteiger partial charge in [-0.25, -0.2) is 4.79 Å². The quantitative estimate of drug-likeness (QED) is 0.856. The Bertz CT molecular complexity index is 805. The van der Waals surface area contributed by atoms with E-state index in [1.807, 2.05) is 42.6 Å². The average molecular weight is 268 g/mol. The van der Waals surface area contributed by atoms with Crippen LogP contribution in [-0.4, -0.2) is 22.0 Å². The van der Waals surface area contributed by atoms with E-state index in [1.54, 1.807) is 23.2 Å². The van der Waals surface area contributed by atoms with Crippen LogP contribution in [-0.2, 0) is 7.05 Å². The van der Waals surface area contributed by atoms with Crippen LogP contribution in [0.3, 0.4) is 0 Å². The molecule has 2 heterocycles. The first-order valence-electron chi connectivity index (χ1n) is 6.48. The predicted molar refractivity (Wildman–Crippen MR) is 81.7 cm³/mol. The Kier molecular flexibility index (Phi) is 3.02. The molecule has 1 aromatic carbocycles. The molecule has 0 amide bonds. The molecule has 3 rings (SSSR count). The first kappa shape index (κ1) is 12.5. The number of rotatable bonds is 1. The number of aliphatic imine (C=N–C) groups is 1. The molecule has 2 aromatic rings. The number of nitrogens with zero attached hydrogens (tertiary/aromatic N) is 3. The lowest BCUT2D eigenvalue weighted by Gasteiger charge is -2.06. The summed E-state index contributed by atoms with van der Waals surface area (Å²) >= 11 is 0. The third kappa shape index (κ3) is 1.87. The third-order valence-electron chi connectivity index (χ3n) is 3.48. The van der Waals surface area contributed by atoms with Crippen LogP contribution in [0.5, 0.6) is 0 Å². The summed E-state index contributed by atoms with van der Waals surface area (Å²) < 4.78 is 3.41. The SMILES string of the molecule is CN=C1C=CCC(n2c(=O)n(C)c3ccccc32)=CN1. The Morgan fingerprint density at radius 3 is 2.75 bits per heavy atom. The van der Waals surface area contributed by atoms with E-state index in [2.05, 4.69) is 10.3 Å². The van der Waals surface area contributed by atoms with E-state index in [-0.39, 0.29) is 5.69 Å². The first-order valence-corrected chi connectivity index (χ1v) is 6.48. The third-order valence-corrected chi connectivity index (χ3v) is 3.48. The predicted octanol–water partition coefficient (Wildman–Crippen LogP) is 1.72. The summed E-state index contributed by atoms with van der Waals surface area (Å²) in [5, 5.41) is 3.11. The smallest absolute Gasteiger partial charge is 0.333 e. The second kappa shape index (κ2) is 4.85. The van der Waals surface area contributed by atoms with Gasteiger partial charge in [0.2, 0.25) is 0 Å². The maximum absolute atomic E-state index is 12.5. The molecule has 0 saturated heterocycles. The van der Waals surface area contributed by atoms with Crippen molar-refractivity contribution in [2.75, 3.05) is 7.05 Å². The van der Waals surface area contributed by atoms with Gasteiger partial charge < -0.3 is 5.32 Å². The summed E-state index contributed by atoms with van der Waals surface area (Å²) in [6.07, 6.45) is 6.44. The van der Waals surface area contributed by atoms with Crippen molar-refractivity contribution in [3.05, 3.63) is 53.1 Å². The summed E-state index contributed by atoms with van der Waals surface area (Å²) in [6.45, 7) is 0. The second-order valence-electron chi connectivity index (χ2n) is 4.66. The van der Waals surface area contributed by atoms with Crippen molar-refractivity contribution in [3.8, 4) is 0 Å². The zero-order valence-electron chi connectivity index (χ0n) is 11.5. The number of fused-ring (bicyclic) bond motifs is 1. The van der Waals surface area contributed by atoms with Gasteiger partial charge in [-0.1, -0.05) is 18.2 Å². The van der Waals surface area contributed by atoms with Crippen molar-refractivity contribution in [2.24, 2.45) is 12.0 Å². The summed E-state index contributed by atoms with van der Waals surface area (Å²) in [4.78, 5) is 16.6. The number of para-hydroxylation sites is 2. The van der Waals surface area contributed by atoms with Crippen LogP contribution in [0.4, 0.5) is 0 Å². The summed E-state index contributed by atoms with van der Waals surface area (Å²) in [5.41, 5.74) is 2.71. The number of hydrogen-bond donors (Lipinski definition) is 1. The molecule has 1 aliphatic heterocycles. The summed E-state index contributed by atoms with van der Waals surface area (Å²) in [5.74, 6) is 0.785. The number of amidine groups is 1. The van der Waals surface area contributed by atoms with Crippen molar-refractivity contribution in [3.63, 3.8) is 0 Å². The minimum atomic E-state index is -0.0375. The van der Waals surface area contributed by atoms with Gasteiger partial charge in [-0.15, -0.1) is 0 Å². The molecule has 1 N–H and O–H groups in total. The lowest BCUT2D eigenvalue weighted by molar-refractivity contribution is 0.844. The fourth-order valence-corrected chi connectivity index (χ4v) is 2.42. The Hall–Kier alpha value is -2.56. The molecular weight excluding hydrogens is 252 g/mol. The monoisotopic (exact) mass is 268 g/mol. The largest absolute Gasteiger partial charge is 0.345 e. The van der Waals surface area contributed by atoms with Crippen molar-refractivity contribution >= 4 is 22.6 Å². The lowest BCUT2D eigenvalue weighted by Crippen LogP contribution is -2.23. The number of imidazole rings is 1. The van der Waals surface area contributed by atoms with Crippen molar-refractivity contribution in [1.29, 1.82) is 0 Å². The van der Waals surface area contributed by atoms with E-state index in [0.29, 0.717) is 6.42 Å². The second-order valence-corrected chi connectivity index (χ2v) is 4.66. The molecule has 0 bridgehead atoms. The Morgan fingerprint density at radius 2 is 2.00 bits per heavy atom. The number of hydrogen-bond acceptors (Lipinski definition) is 2. The molecule has 0 aliphatic carbocycles. The van der Waals surface area contributed by atoms with Crippen LogP contribution < -0.4 is 11.0 Å². The summed E-state index contributed by atoms with van der Waals surface area (Å²) in [6, 6.07) is 7.79. The van der Waals surface area contributed by atoms with E-state index in [9.17, 15) is 4.79 Å². The molecular formula is C15H16N4O. The van der Waals surface area contributed by atoms with Crippen LogP contribution >= 0.6 is 0 Å². The molecule has 5 heteroatoms. The molecule has 0 unspecified atom stereocenters. The fourth-order valence-electron chi connectivity index (χ4n) is 2.42. The molecule has 20 heavy (non-hydrogen) atoms. The van der Waals surface area contributed by atoms with Gasteiger partial charge in [0.25, 0.3) is 0 Å². The number of aromatic nitrogens is 2. The van der Waals surface area contributed by atoms with E-state index >= 15 is 0 Å². The molecule has 0 radical (unpaired) electrons. The van der Waals surface area contributed by atoms with Gasteiger partial charge in [-0.05, 0) is 18.2 Å². The molecule has 0 saturated carbocycles. The highest BCUT2D eigenvalue weighted by Crippen LogP contribution is 2.18. The standard InChI is InChI=1S/C15H16N4O/c1-16-14-9-5-6-11(10-17-14)19-13-8-4-3-7-12(13)18(2)15(19)20/h3-5,7-10H,6H2,1-2H3,(H,16,17). The normalized spacial score (nSPS) is 17.1. The highest BCUT2D eigenvalue weighted by atomic mass is 16.1. The molecule has 1 aliphatic rings. The van der Waals surface area contributed by atoms with Gasteiger partial charge >= 0.3 is 5.69 Å². The molecule has 0 spiro atoms. The van der Waals surface area contributed by atoms with Gasteiger partial charge in [0, 0.05) is 32.4 Å². The minimum Gasteiger partial charge on any atom is -0.345 e. The van der Waals surface area contributed by atoms with Crippen LogP contribution in [0.2, 0.25) is 0 Å². The van der Waals surface area contributed by atoms with E-state index < -0.39 is 0 Å². The van der Waals surface area contributed by atoms with Crippen molar-refractivity contribution in [2.45, 2.75) is 6.42 Å². The van der Waals surface area contributed by atoms with Crippen LogP contribution in [0.25, 0.3) is 16.7 Å². The van der Waals surface area contributed by atoms with Crippen LogP contribution in [0.1, 0.15) is 6.42 Å². The highest BCUT2D eigenvalue weighted by Gasteiger charge is 2.13. The van der Waals surface area contributed by atoms with Gasteiger partial charge in [-0.2, -0.15) is 0 Å². The van der Waals surface area contributed by atoms with Crippen molar-refractivity contribution in [1.82, 2.24) is 14.5 Å². The summed E-state index contributed by atoms with van der Waals surface area (Å²) in [7, 11) is 3.52. The average Bonchev–Trinajstić information content (AvgIpc) is 2.65. The molecule has 5 nitrogen and oxygen atoms in total. The Labute approximate surface area is 116 Å². The Balaban J connectivity index is 2.21. The van der Waals surface area contributed by atoms with Crippen molar-refractivity contribution < 1.29 is 0 Å². The molecule has 102 valence electrons. The lowest BCUT2D eigenvalue weighted by atomic mass is 10.2. The van der Waals surface area contributed by atoms with Gasteiger partial charge in [0.05, 0.1) is 11.0 Å². The number of allylic oxidation sites excluding steroid dienone is 2. The zero-order chi connectivity index (χ0) is 14.1. The highest BCUT2D eigenvalue weighted by molar-refractivity contribution is 5.95. The molecule has 1 aromatic heterocycles. The minimum absolute atomic E-state index is 0.0375. The first-order chi connectivity index (χ1) is 9.72. The number of benzene rings is 1. The van der Waals surface area contributed by atoms with E-state index in [4.69, 9.17) is 0 Å². The topological polar surface area (TPSA) is 51.3 Å². The molecule has 0 fully saturated rings. The Morgan fingerprint density at radius 1 is 1.25 bits per heavy atom. The van der Waals surface area contributed by atoms with E-state index in [1.165, 1.54) is 0 Å². The number of aryl methyl sites for hydroxylation is 1. The zero-order valence-corrected chi connectivity index (χ0v) is 11.5. The molecule has 0 atom stereocenters. The van der Waals surface area contributed by atoms with Gasteiger partial charge in [0.15, 0.2) is 0 Å². The maximum Gasteiger partial charge on any atom is 0.333 e. The van der Waals surface area contributed by atoms with Crippen LogP contribution in [0.15, 0.2) is 52.4 Å². The number of nitrogens with one attached hydrogen (secondary N) is 1. The van der Waals surface area contributed by atoms with Gasteiger partial charge in [-0.3, -0.25) is 14.1 Å². The fraction of sp³-hybridized carbons (Fsp3) is 0.200. The van der Waals surface area contributed by atoms with E-state index in [0.717, 1.165) is 22.6 Å². The van der Waals surface area contributed by atoms with Crippen LogP contribution in [0, 0.1) is 0 Å². The van der Waals surface area contributed by atoms with Gasteiger partial charge in [0.1, 0.15) is 5.84 Å². The maximum atomic E-state index is 12.5.